The fourth-order valence-corrected chi connectivity index (χ4v) is 5.88. The van der Waals surface area contributed by atoms with Crippen LogP contribution in [0, 0.1) is 24.5 Å². The van der Waals surface area contributed by atoms with Gasteiger partial charge in [0.25, 0.3) is 0 Å². The maximum Gasteiger partial charge on any atom is 0.148 e. The van der Waals surface area contributed by atoms with E-state index in [0.29, 0.717) is 30.6 Å². The zero-order valence-electron chi connectivity index (χ0n) is 14.8. The minimum atomic E-state index is -3.39. The second kappa shape index (κ2) is 7.15. The molecule has 1 aliphatic rings. The van der Waals surface area contributed by atoms with Gasteiger partial charge in [0, 0.05) is 0 Å². The maximum atomic E-state index is 14.7. The molecule has 4 N–H and O–H groups in total. The molecule has 2 aromatic carbocycles. The number of anilines is 2. The molecule has 4 nitrogen and oxygen atoms in total. The molecular formula is C19H24F2N2O2S. The zero-order valence-corrected chi connectivity index (χ0v) is 15.6. The molecule has 0 amide bonds. The summed E-state index contributed by atoms with van der Waals surface area (Å²) in [5.74, 6) is -1.07. The summed E-state index contributed by atoms with van der Waals surface area (Å²) < 4.78 is 52.0. The van der Waals surface area contributed by atoms with E-state index in [2.05, 4.69) is 0 Å². The lowest BCUT2D eigenvalue weighted by atomic mass is 9.96. The van der Waals surface area contributed by atoms with Crippen LogP contribution in [0.5, 0.6) is 0 Å². The van der Waals surface area contributed by atoms with E-state index >= 15 is 0 Å². The molecule has 0 aromatic heterocycles. The lowest BCUT2D eigenvalue weighted by molar-refractivity contribution is 0.413. The molecule has 0 radical (unpaired) electrons. The van der Waals surface area contributed by atoms with E-state index in [9.17, 15) is 17.9 Å². The number of rotatable bonds is 4. The van der Waals surface area contributed by atoms with Crippen molar-refractivity contribution >= 4 is 22.2 Å². The fraction of sp³-hybridized carbons (Fsp3) is 0.368. The van der Waals surface area contributed by atoms with Crippen LogP contribution in [0.4, 0.5) is 20.2 Å². The van der Waals surface area contributed by atoms with Gasteiger partial charge < -0.3 is 5.73 Å². The lowest BCUT2D eigenvalue weighted by Crippen LogP contribution is -2.41. The summed E-state index contributed by atoms with van der Waals surface area (Å²) in [6.45, 7) is 4.05. The molecule has 1 aliphatic heterocycles. The number of benzene rings is 2. The largest absolute Gasteiger partial charge is 0.330 e. The molecule has 2 aromatic rings. The monoisotopic (exact) mass is 382 g/mol. The van der Waals surface area contributed by atoms with Gasteiger partial charge in [-0.2, -0.15) is 0 Å². The summed E-state index contributed by atoms with van der Waals surface area (Å²) in [5.41, 5.74) is 7.50. The number of hydrogen-bond acceptors (Lipinski definition) is 4. The van der Waals surface area contributed by atoms with E-state index in [-0.39, 0.29) is 11.6 Å². The number of fused-ring (bicyclic) bond motifs is 1. The van der Waals surface area contributed by atoms with Crippen molar-refractivity contribution in [2.75, 3.05) is 10.8 Å². The highest BCUT2D eigenvalue weighted by Gasteiger charge is 2.43. The number of hydrogen-bond donors (Lipinski definition) is 3. The number of nitrogens with zero attached hydrogens (tertiary/aromatic N) is 1. The summed E-state index contributed by atoms with van der Waals surface area (Å²) in [6.07, 6.45) is 0.899. The van der Waals surface area contributed by atoms with Gasteiger partial charge in [0.15, 0.2) is 0 Å². The van der Waals surface area contributed by atoms with Crippen molar-refractivity contribution in [1.82, 2.24) is 0 Å². The first-order valence-electron chi connectivity index (χ1n) is 8.57. The van der Waals surface area contributed by atoms with Crippen LogP contribution in [0.3, 0.4) is 0 Å². The second-order valence-electron chi connectivity index (χ2n) is 6.88. The Balaban J connectivity index is 2.19. The smallest absolute Gasteiger partial charge is 0.148 e. The van der Waals surface area contributed by atoms with Crippen LogP contribution in [0.15, 0.2) is 36.4 Å². The molecule has 3 rings (SSSR count). The molecule has 0 aliphatic carbocycles. The van der Waals surface area contributed by atoms with Crippen molar-refractivity contribution in [2.24, 2.45) is 11.7 Å². The highest BCUT2D eigenvalue weighted by atomic mass is 32.3. The van der Waals surface area contributed by atoms with E-state index in [1.54, 1.807) is 13.0 Å². The Morgan fingerprint density at radius 2 is 1.88 bits per heavy atom. The van der Waals surface area contributed by atoms with Gasteiger partial charge in [-0.3, -0.25) is 9.11 Å². The first-order chi connectivity index (χ1) is 12.3. The van der Waals surface area contributed by atoms with Gasteiger partial charge in [0.05, 0.1) is 16.6 Å². The Bertz CT molecular complexity index is 816. The predicted octanol–water partition coefficient (Wildman–Crippen LogP) is 4.99. The highest BCUT2D eigenvalue weighted by Crippen LogP contribution is 2.62. The van der Waals surface area contributed by atoms with Gasteiger partial charge >= 0.3 is 0 Å². The molecular weight excluding hydrogens is 358 g/mol. The van der Waals surface area contributed by atoms with Gasteiger partial charge in [0.1, 0.15) is 11.6 Å². The normalized spacial score (nSPS) is 21.2. The standard InChI is InChI=1S/C19H24F2N2O2S/c1-12-3-5-18(16(21)9-12)23-17-6-4-15(20)10-14(17)11-19(26(23,24)25)13(2)7-8-22/h3-6,9-10,13,19,24-25H,7-8,11,22H2,1-2H3. The molecule has 7 heteroatoms. The van der Waals surface area contributed by atoms with Crippen molar-refractivity contribution < 1.29 is 17.9 Å². The van der Waals surface area contributed by atoms with Crippen molar-refractivity contribution in [2.45, 2.75) is 31.9 Å². The first kappa shape index (κ1) is 19.1. The van der Waals surface area contributed by atoms with E-state index in [4.69, 9.17) is 5.73 Å². The fourth-order valence-electron chi connectivity index (χ4n) is 3.54. The summed E-state index contributed by atoms with van der Waals surface area (Å²) in [4.78, 5) is 0. The zero-order chi connectivity index (χ0) is 19.1. The molecule has 142 valence electrons. The lowest BCUT2D eigenvalue weighted by Gasteiger charge is -2.54. The highest BCUT2D eigenvalue weighted by molar-refractivity contribution is 8.26. The van der Waals surface area contributed by atoms with E-state index in [0.717, 1.165) is 5.56 Å². The van der Waals surface area contributed by atoms with Crippen LogP contribution in [0.1, 0.15) is 24.5 Å². The van der Waals surface area contributed by atoms with Gasteiger partial charge in [-0.05, 0) is 73.7 Å². The molecule has 0 spiro atoms. The molecule has 26 heavy (non-hydrogen) atoms. The Hall–Kier alpha value is -1.67. The molecule has 1 heterocycles. The molecule has 0 bridgehead atoms. The van der Waals surface area contributed by atoms with Crippen LogP contribution in [-0.4, -0.2) is 20.9 Å². The SMILES string of the molecule is Cc1ccc(N2c3ccc(F)cc3CC(C(C)CCN)S2(O)O)c(F)c1. The topological polar surface area (TPSA) is 69.7 Å². The maximum absolute atomic E-state index is 14.7. The Morgan fingerprint density at radius 3 is 2.54 bits per heavy atom. The van der Waals surface area contributed by atoms with Crippen molar-refractivity contribution in [3.8, 4) is 0 Å². The third-order valence-corrected chi connectivity index (χ3v) is 7.31. The molecule has 0 saturated carbocycles. The van der Waals surface area contributed by atoms with Crippen LogP contribution in [-0.2, 0) is 6.42 Å². The summed E-state index contributed by atoms with van der Waals surface area (Å²) in [6, 6.07) is 8.69. The number of aryl methyl sites for hydroxylation is 1. The van der Waals surface area contributed by atoms with Crippen LogP contribution < -0.4 is 10.0 Å². The van der Waals surface area contributed by atoms with Crippen LogP contribution >= 0.6 is 10.8 Å². The Kier molecular flexibility index (Phi) is 5.25. The van der Waals surface area contributed by atoms with Gasteiger partial charge in [-0.25, -0.2) is 13.1 Å². The first-order valence-corrected chi connectivity index (χ1v) is 10.1. The average molecular weight is 382 g/mol. The predicted molar refractivity (Wildman–Crippen MR) is 103 cm³/mol. The van der Waals surface area contributed by atoms with Gasteiger partial charge in [0.2, 0.25) is 0 Å². The van der Waals surface area contributed by atoms with Gasteiger partial charge in [-0.1, -0.05) is 13.0 Å². The minimum Gasteiger partial charge on any atom is -0.330 e. The summed E-state index contributed by atoms with van der Waals surface area (Å²) in [7, 11) is -3.39. The van der Waals surface area contributed by atoms with Crippen LogP contribution in [0.25, 0.3) is 0 Å². The number of halogens is 2. The van der Waals surface area contributed by atoms with E-state index in [1.807, 2.05) is 6.92 Å². The molecule has 2 atom stereocenters. The third kappa shape index (κ3) is 3.32. The second-order valence-corrected chi connectivity index (χ2v) is 8.97. The van der Waals surface area contributed by atoms with Crippen LogP contribution in [0.2, 0.25) is 0 Å². The molecule has 2 unspecified atom stereocenters. The third-order valence-electron chi connectivity index (χ3n) is 4.93. The van der Waals surface area contributed by atoms with Crippen molar-refractivity contribution in [3.63, 3.8) is 0 Å². The van der Waals surface area contributed by atoms with E-state index in [1.165, 1.54) is 34.6 Å². The average Bonchev–Trinajstić information content (AvgIpc) is 2.55. The van der Waals surface area contributed by atoms with E-state index < -0.39 is 27.7 Å². The molecule has 0 fully saturated rings. The molecule has 0 saturated heterocycles. The summed E-state index contributed by atoms with van der Waals surface area (Å²) in [5, 5.41) is -0.568. The Morgan fingerprint density at radius 1 is 1.19 bits per heavy atom. The van der Waals surface area contributed by atoms with Crippen molar-refractivity contribution in [1.29, 1.82) is 0 Å². The van der Waals surface area contributed by atoms with Crippen molar-refractivity contribution in [3.05, 3.63) is 59.2 Å². The Labute approximate surface area is 154 Å². The number of nitrogens with two attached hydrogens (primary N) is 1. The summed E-state index contributed by atoms with van der Waals surface area (Å²) >= 11 is 0. The minimum absolute atomic E-state index is 0.0770. The van der Waals surface area contributed by atoms with Gasteiger partial charge in [-0.15, -0.1) is 10.8 Å². The quantitative estimate of drug-likeness (QED) is 0.697.